The maximum Gasteiger partial charge on any atom is 0.408 e. The first-order valence-corrected chi connectivity index (χ1v) is 7.33. The third kappa shape index (κ3) is 5.12. The molecule has 116 valence electrons. The summed E-state index contributed by atoms with van der Waals surface area (Å²) in [7, 11) is 1.98. The van der Waals surface area contributed by atoms with Crippen molar-refractivity contribution < 1.29 is 19.2 Å². The molecule has 0 spiro atoms. The fourth-order valence-corrected chi connectivity index (χ4v) is 2.77. The molecular weight excluding hydrogens is 256 g/mol. The van der Waals surface area contributed by atoms with Crippen LogP contribution in [0.3, 0.4) is 0 Å². The summed E-state index contributed by atoms with van der Waals surface area (Å²) in [5.74, 6) is 0. The molecule has 0 atom stereocenters. The van der Waals surface area contributed by atoms with Crippen molar-refractivity contribution in [2.75, 3.05) is 13.7 Å². The summed E-state index contributed by atoms with van der Waals surface area (Å²) >= 11 is 0. The zero-order valence-corrected chi connectivity index (χ0v) is 13.2. The second kappa shape index (κ2) is 6.57. The summed E-state index contributed by atoms with van der Waals surface area (Å²) in [6.07, 6.45) is 3.80. The molecule has 0 aromatic heterocycles. The van der Waals surface area contributed by atoms with Crippen molar-refractivity contribution in [1.82, 2.24) is 5.32 Å². The molecule has 1 aliphatic carbocycles. The van der Waals surface area contributed by atoms with Crippen LogP contribution in [0.1, 0.15) is 52.9 Å². The molecule has 1 aliphatic rings. The number of rotatable bonds is 4. The highest BCUT2D eigenvalue weighted by Crippen LogP contribution is 2.32. The first-order chi connectivity index (χ1) is 9.17. The minimum absolute atomic E-state index is 0.0701. The minimum Gasteiger partial charge on any atom is -0.444 e. The highest BCUT2D eigenvalue weighted by Gasteiger charge is 2.39. The van der Waals surface area contributed by atoms with Crippen LogP contribution in [0, 0.1) is 0 Å². The van der Waals surface area contributed by atoms with E-state index in [0.717, 1.165) is 25.7 Å². The van der Waals surface area contributed by atoms with Gasteiger partial charge in [0.05, 0.1) is 0 Å². The Morgan fingerprint density at radius 2 is 2.00 bits per heavy atom. The Kier molecular flexibility index (Phi) is 5.57. The third-order valence-electron chi connectivity index (χ3n) is 3.89. The fourth-order valence-electron chi connectivity index (χ4n) is 2.77. The molecule has 0 unspecified atom stereocenters. The number of carbonyl (C=O) groups is 1. The van der Waals surface area contributed by atoms with E-state index < -0.39 is 11.7 Å². The second-order valence-corrected chi connectivity index (χ2v) is 6.87. The highest BCUT2D eigenvalue weighted by atomic mass is 16.6. The van der Waals surface area contributed by atoms with E-state index in [1.54, 1.807) is 0 Å². The Hall–Kier alpha value is -1.10. The average molecular weight is 285 g/mol. The van der Waals surface area contributed by atoms with E-state index in [2.05, 4.69) is 12.0 Å². The van der Waals surface area contributed by atoms with Crippen molar-refractivity contribution in [2.45, 2.75) is 70.1 Å². The van der Waals surface area contributed by atoms with Gasteiger partial charge in [-0.25, -0.2) is 9.37 Å². The highest BCUT2D eigenvalue weighted by molar-refractivity contribution is 5.68. The smallest absolute Gasteiger partial charge is 0.408 e. The molecule has 0 bridgehead atoms. The zero-order chi connectivity index (χ0) is 15.4. The fraction of sp³-hybridized carbons (Fsp3) is 0.867. The van der Waals surface area contributed by atoms with Gasteiger partial charge in [0, 0.05) is 25.0 Å². The monoisotopic (exact) mass is 285 g/mol. The average Bonchev–Trinajstić information content (AvgIpc) is 2.26. The molecule has 5 nitrogen and oxygen atoms in total. The largest absolute Gasteiger partial charge is 0.444 e. The second-order valence-electron chi connectivity index (χ2n) is 6.87. The van der Waals surface area contributed by atoms with Crippen molar-refractivity contribution in [1.29, 1.82) is 0 Å². The Morgan fingerprint density at radius 1 is 1.45 bits per heavy atom. The van der Waals surface area contributed by atoms with Crippen molar-refractivity contribution in [3.05, 3.63) is 0 Å². The molecule has 1 rings (SSSR count). The van der Waals surface area contributed by atoms with Gasteiger partial charge in [-0.3, -0.25) is 0 Å². The lowest BCUT2D eigenvalue weighted by atomic mass is 9.77. The van der Waals surface area contributed by atoms with Crippen LogP contribution in [0.5, 0.6) is 0 Å². The van der Waals surface area contributed by atoms with E-state index >= 15 is 0 Å². The van der Waals surface area contributed by atoms with Gasteiger partial charge >= 0.3 is 6.09 Å². The van der Waals surface area contributed by atoms with Gasteiger partial charge in [0.2, 0.25) is 0 Å². The van der Waals surface area contributed by atoms with Crippen molar-refractivity contribution in [2.24, 2.45) is 0 Å². The molecule has 0 saturated heterocycles. The molecule has 0 aromatic rings. The van der Waals surface area contributed by atoms with Gasteiger partial charge in [0.15, 0.2) is 6.04 Å². The van der Waals surface area contributed by atoms with Gasteiger partial charge in [0.1, 0.15) is 19.4 Å². The first-order valence-electron chi connectivity index (χ1n) is 7.33. The van der Waals surface area contributed by atoms with E-state index in [0.29, 0.717) is 12.5 Å². The van der Waals surface area contributed by atoms with Gasteiger partial charge in [-0.1, -0.05) is 0 Å². The number of hydrogen-bond acceptors (Lipinski definition) is 3. The predicted octanol–water partition coefficient (Wildman–Crippen LogP) is 1.92. The van der Waals surface area contributed by atoms with E-state index in [1.807, 2.05) is 32.4 Å². The van der Waals surface area contributed by atoms with Crippen LogP contribution in [-0.4, -0.2) is 53.3 Å². The Balaban J connectivity index is 2.65. The number of carbonyl (C=O) groups excluding carboxylic acids is 1. The zero-order valence-electron chi connectivity index (χ0n) is 13.2. The van der Waals surface area contributed by atoms with Gasteiger partial charge in [-0.05, 0) is 40.0 Å². The first kappa shape index (κ1) is 17.0. The lowest BCUT2D eigenvalue weighted by Gasteiger charge is -2.39. The number of nitrogens with one attached hydrogen (secondary N) is 1. The van der Waals surface area contributed by atoms with E-state index in [9.17, 15) is 9.90 Å². The number of aliphatic hydroxyl groups excluding tert-OH is 1. The van der Waals surface area contributed by atoms with Crippen LogP contribution < -0.4 is 5.32 Å². The summed E-state index contributed by atoms with van der Waals surface area (Å²) in [6, 6.07) is 0.447. The Morgan fingerprint density at radius 3 is 2.40 bits per heavy atom. The number of ether oxygens (including phenoxy) is 1. The number of hydrogen-bond donors (Lipinski definition) is 2. The van der Waals surface area contributed by atoms with Gasteiger partial charge in [-0.15, -0.1) is 0 Å². The molecule has 1 fully saturated rings. The summed E-state index contributed by atoms with van der Waals surface area (Å²) in [4.78, 5) is 12.0. The van der Waals surface area contributed by atoms with Gasteiger partial charge < -0.3 is 15.2 Å². The molecule has 5 heteroatoms. The number of aliphatic hydroxyl groups is 1. The molecule has 0 heterocycles. The van der Waals surface area contributed by atoms with Crippen LogP contribution in [0.25, 0.3) is 0 Å². The van der Waals surface area contributed by atoms with Gasteiger partial charge in [0.25, 0.3) is 0 Å². The molecule has 1 amide bonds. The van der Waals surface area contributed by atoms with Crippen LogP contribution in [0.4, 0.5) is 4.79 Å². The molecule has 0 aliphatic heterocycles. The minimum atomic E-state index is -0.505. The normalized spacial score (nSPS) is 26.9. The maximum absolute atomic E-state index is 12.0. The van der Waals surface area contributed by atoms with E-state index in [-0.39, 0.29) is 12.1 Å². The molecule has 20 heavy (non-hydrogen) atoms. The molecular formula is C15H29N2O3+. The molecule has 0 aromatic carbocycles. The lowest BCUT2D eigenvalue weighted by Crippen LogP contribution is -2.53. The Labute approximate surface area is 122 Å². The maximum atomic E-state index is 12.0. The molecule has 0 radical (unpaired) electrons. The van der Waals surface area contributed by atoms with Crippen LogP contribution in [0.15, 0.2) is 0 Å². The van der Waals surface area contributed by atoms with Crippen molar-refractivity contribution >= 4 is 12.8 Å². The van der Waals surface area contributed by atoms with Gasteiger partial charge in [-0.2, -0.15) is 0 Å². The van der Waals surface area contributed by atoms with Crippen LogP contribution >= 0.6 is 0 Å². The van der Waals surface area contributed by atoms with E-state index in [1.165, 1.54) is 0 Å². The topological polar surface area (TPSA) is 61.6 Å². The summed E-state index contributed by atoms with van der Waals surface area (Å²) in [5, 5.41) is 12.3. The molecule has 1 saturated carbocycles. The summed E-state index contributed by atoms with van der Waals surface area (Å²) < 4.78 is 7.31. The SMILES string of the molecule is C=[N+](C)C1CCC(CCO)(NC(=O)OC(C)(C)C)CC1. The number of nitrogens with zero attached hydrogens (tertiary/aromatic N) is 1. The number of amides is 1. The molecule has 2 N–H and O–H groups in total. The third-order valence-corrected chi connectivity index (χ3v) is 3.89. The predicted molar refractivity (Wildman–Crippen MR) is 79.4 cm³/mol. The standard InChI is InChI=1S/C15H28N2O3/c1-14(2,3)20-13(19)16-15(10-11-18)8-6-12(7-9-15)17(4)5/h12,18H,4,6-11H2,1-3,5H3/p+1. The Bertz CT molecular complexity index is 353. The summed E-state index contributed by atoms with van der Waals surface area (Å²) in [6.45, 7) is 9.55. The van der Waals surface area contributed by atoms with Crippen molar-refractivity contribution in [3.63, 3.8) is 0 Å². The van der Waals surface area contributed by atoms with E-state index in [4.69, 9.17) is 4.74 Å². The quantitative estimate of drug-likeness (QED) is 0.613. The number of alkyl carbamates (subject to hydrolysis) is 1. The summed E-state index contributed by atoms with van der Waals surface area (Å²) in [5.41, 5.74) is -0.848. The van der Waals surface area contributed by atoms with Crippen LogP contribution in [0.2, 0.25) is 0 Å². The lowest BCUT2D eigenvalue weighted by molar-refractivity contribution is -0.534. The van der Waals surface area contributed by atoms with Crippen molar-refractivity contribution in [3.8, 4) is 0 Å². The van der Waals surface area contributed by atoms with Crippen LogP contribution in [-0.2, 0) is 4.74 Å².